The number of pyridine rings is 2. The Morgan fingerprint density at radius 2 is 0.816 bits per heavy atom. The first-order chi connectivity index (χ1) is 36.6. The van der Waals surface area contributed by atoms with Gasteiger partial charge in [-0.3, -0.25) is 9.97 Å². The summed E-state index contributed by atoms with van der Waals surface area (Å²) in [5.41, 5.74) is 28.1. The van der Waals surface area contributed by atoms with Crippen LogP contribution in [0.2, 0.25) is 0 Å². The van der Waals surface area contributed by atoms with Crippen LogP contribution in [0, 0.1) is 38.5 Å². The smallest absolute Gasteiger partial charge is 0.0780 e. The second-order valence-corrected chi connectivity index (χ2v) is 23.5. The standard InChI is InChI=1S/C74H68N2/c1-47-49(3)71(65-27-17-15-25-62(65)68-46-75-69(42-67(68)54-20-12-11-13-21-54)57-23-18-22-56(40-57)53-34-30-51(31-35-53)43-73(5,6)7)50(4)48(2)70(47)64-26-16-14-24-61(64)59-41-58-38-39-63-60(28-19-29-66(63)72(58)76-45-59)55-36-32-52(33-37-55)44-74(8,9)10/h11-42,45-46H,43-44H2,1-10H3. The summed E-state index contributed by atoms with van der Waals surface area (Å²) in [5, 5.41) is 3.52. The maximum atomic E-state index is 5.26. The first kappa shape index (κ1) is 50.0. The highest BCUT2D eigenvalue weighted by Gasteiger charge is 2.24. The Hall–Kier alpha value is -8.20. The molecule has 0 aliphatic rings. The largest absolute Gasteiger partial charge is 0.256 e. The van der Waals surface area contributed by atoms with Gasteiger partial charge in [-0.2, -0.15) is 0 Å². The molecule has 0 radical (unpaired) electrons. The second-order valence-electron chi connectivity index (χ2n) is 23.5. The molecule has 2 heterocycles. The number of hydrogen-bond donors (Lipinski definition) is 0. The van der Waals surface area contributed by atoms with Gasteiger partial charge in [-0.15, -0.1) is 0 Å². The molecule has 0 aliphatic carbocycles. The van der Waals surface area contributed by atoms with E-state index in [2.05, 4.69) is 276 Å². The van der Waals surface area contributed by atoms with Crippen LogP contribution in [-0.2, 0) is 12.8 Å². The number of rotatable bonds is 10. The molecule has 11 aromatic rings. The molecule has 0 saturated heterocycles. The summed E-state index contributed by atoms with van der Waals surface area (Å²) < 4.78 is 0. The van der Waals surface area contributed by atoms with Crippen LogP contribution in [0.25, 0.3) is 111 Å². The Labute approximate surface area is 451 Å². The van der Waals surface area contributed by atoms with E-state index in [4.69, 9.17) is 9.97 Å². The molecule has 374 valence electrons. The molecule has 0 atom stereocenters. The molecule has 9 aromatic carbocycles. The first-order valence-corrected chi connectivity index (χ1v) is 27.0. The molecule has 2 heteroatoms. The zero-order valence-corrected chi connectivity index (χ0v) is 45.9. The van der Waals surface area contributed by atoms with Gasteiger partial charge < -0.3 is 0 Å². The van der Waals surface area contributed by atoms with E-state index in [1.54, 1.807) is 0 Å². The van der Waals surface area contributed by atoms with Crippen molar-refractivity contribution in [2.75, 3.05) is 0 Å². The van der Waals surface area contributed by atoms with Gasteiger partial charge in [0.05, 0.1) is 11.2 Å². The van der Waals surface area contributed by atoms with Crippen molar-refractivity contribution in [2.45, 2.75) is 82.1 Å². The molecule has 0 N–H and O–H groups in total. The van der Waals surface area contributed by atoms with Crippen molar-refractivity contribution in [1.82, 2.24) is 9.97 Å². The maximum absolute atomic E-state index is 5.26. The van der Waals surface area contributed by atoms with E-state index in [0.717, 1.165) is 57.3 Å². The quantitative estimate of drug-likeness (QED) is 0.128. The van der Waals surface area contributed by atoms with Crippen molar-refractivity contribution < 1.29 is 0 Å². The molecule has 0 amide bonds. The van der Waals surface area contributed by atoms with Crippen LogP contribution >= 0.6 is 0 Å². The molecule has 0 bridgehead atoms. The highest BCUT2D eigenvalue weighted by atomic mass is 14.7. The van der Waals surface area contributed by atoms with Crippen LogP contribution in [0.4, 0.5) is 0 Å². The van der Waals surface area contributed by atoms with Gasteiger partial charge in [-0.05, 0) is 175 Å². The summed E-state index contributed by atoms with van der Waals surface area (Å²) in [5.74, 6) is 0. The molecule has 0 unspecified atom stereocenters. The molecular formula is C74H68N2. The topological polar surface area (TPSA) is 25.8 Å². The first-order valence-electron chi connectivity index (χ1n) is 27.0. The fourth-order valence-electron chi connectivity index (χ4n) is 11.8. The molecule has 0 spiro atoms. The fraction of sp³-hybridized carbons (Fsp3) is 0.189. The van der Waals surface area contributed by atoms with Crippen LogP contribution < -0.4 is 0 Å². The lowest BCUT2D eigenvalue weighted by Crippen LogP contribution is -2.08. The summed E-state index contributed by atoms with van der Waals surface area (Å²) in [6.45, 7) is 23.0. The van der Waals surface area contributed by atoms with Crippen molar-refractivity contribution >= 4 is 21.7 Å². The molecule has 2 nitrogen and oxygen atoms in total. The Bertz CT molecular complexity index is 3930. The predicted octanol–water partition coefficient (Wildman–Crippen LogP) is 20.5. The normalized spacial score (nSPS) is 11.9. The van der Waals surface area contributed by atoms with Crippen LogP contribution in [0.15, 0.2) is 207 Å². The Balaban J connectivity index is 0.956. The Kier molecular flexibility index (Phi) is 13.3. The third kappa shape index (κ3) is 9.93. The minimum absolute atomic E-state index is 0.242. The van der Waals surface area contributed by atoms with E-state index >= 15 is 0 Å². The minimum atomic E-state index is 0.242. The molecule has 11 rings (SSSR count). The monoisotopic (exact) mass is 985 g/mol. The van der Waals surface area contributed by atoms with Crippen LogP contribution in [0.3, 0.4) is 0 Å². The lowest BCUT2D eigenvalue weighted by Gasteiger charge is -2.24. The SMILES string of the molecule is Cc1c(C)c(-c2ccccc2-c2cnc(-c3cccc(-c4ccc(CC(C)(C)C)cc4)c3)cc2-c2ccccc2)c(C)c(C)c1-c1ccccc1-c1cnc2c(ccc3c(-c4ccc(CC(C)(C)C)cc4)cccc32)c1. The summed E-state index contributed by atoms with van der Waals surface area (Å²) in [7, 11) is 0. The van der Waals surface area contributed by atoms with Gasteiger partial charge in [0.2, 0.25) is 0 Å². The van der Waals surface area contributed by atoms with Crippen molar-refractivity contribution in [3.63, 3.8) is 0 Å². The number of nitrogens with zero attached hydrogens (tertiary/aromatic N) is 2. The third-order valence-corrected chi connectivity index (χ3v) is 15.5. The summed E-state index contributed by atoms with van der Waals surface area (Å²) in [6.07, 6.45) is 6.28. The fourth-order valence-corrected chi connectivity index (χ4v) is 11.8. The van der Waals surface area contributed by atoms with Crippen molar-refractivity contribution in [3.8, 4) is 89.1 Å². The van der Waals surface area contributed by atoms with E-state index in [0.29, 0.717) is 0 Å². The van der Waals surface area contributed by atoms with E-state index in [9.17, 15) is 0 Å². The third-order valence-electron chi connectivity index (χ3n) is 15.5. The zero-order chi connectivity index (χ0) is 52.9. The average molecular weight is 985 g/mol. The molecule has 76 heavy (non-hydrogen) atoms. The predicted molar refractivity (Wildman–Crippen MR) is 326 cm³/mol. The van der Waals surface area contributed by atoms with Crippen molar-refractivity contribution in [2.24, 2.45) is 10.8 Å². The van der Waals surface area contributed by atoms with Gasteiger partial charge in [-0.25, -0.2) is 0 Å². The van der Waals surface area contributed by atoms with E-state index in [1.165, 1.54) is 99.8 Å². The summed E-state index contributed by atoms with van der Waals surface area (Å²) >= 11 is 0. The zero-order valence-electron chi connectivity index (χ0n) is 45.9. The number of hydrogen-bond acceptors (Lipinski definition) is 2. The van der Waals surface area contributed by atoms with Crippen LogP contribution in [-0.4, -0.2) is 9.97 Å². The number of benzene rings is 9. The van der Waals surface area contributed by atoms with Crippen molar-refractivity contribution in [3.05, 3.63) is 240 Å². The lowest BCUT2D eigenvalue weighted by molar-refractivity contribution is 0.411. The van der Waals surface area contributed by atoms with E-state index in [1.807, 2.05) is 0 Å². The number of aromatic nitrogens is 2. The minimum Gasteiger partial charge on any atom is -0.256 e. The highest BCUT2D eigenvalue weighted by molar-refractivity contribution is 6.11. The summed E-state index contributed by atoms with van der Waals surface area (Å²) in [4.78, 5) is 10.5. The molecule has 0 fully saturated rings. The van der Waals surface area contributed by atoms with Gasteiger partial charge >= 0.3 is 0 Å². The van der Waals surface area contributed by atoms with Crippen molar-refractivity contribution in [1.29, 1.82) is 0 Å². The molecule has 0 aliphatic heterocycles. The van der Waals surface area contributed by atoms with E-state index in [-0.39, 0.29) is 10.8 Å². The maximum Gasteiger partial charge on any atom is 0.0780 e. The Morgan fingerprint density at radius 3 is 1.43 bits per heavy atom. The second kappa shape index (κ2) is 20.2. The van der Waals surface area contributed by atoms with Gasteiger partial charge in [0.15, 0.2) is 0 Å². The highest BCUT2D eigenvalue weighted by Crippen LogP contribution is 2.47. The summed E-state index contributed by atoms with van der Waals surface area (Å²) in [6, 6.07) is 71.4. The molecule has 2 aromatic heterocycles. The van der Waals surface area contributed by atoms with Crippen LogP contribution in [0.1, 0.15) is 74.9 Å². The van der Waals surface area contributed by atoms with Gasteiger partial charge in [0.1, 0.15) is 0 Å². The van der Waals surface area contributed by atoms with Gasteiger partial charge in [0, 0.05) is 39.9 Å². The molecular weight excluding hydrogens is 917 g/mol. The van der Waals surface area contributed by atoms with Crippen LogP contribution in [0.5, 0.6) is 0 Å². The van der Waals surface area contributed by atoms with E-state index < -0.39 is 0 Å². The molecule has 0 saturated carbocycles. The lowest BCUT2D eigenvalue weighted by atomic mass is 9.80. The Morgan fingerprint density at radius 1 is 0.316 bits per heavy atom. The average Bonchev–Trinajstić information content (AvgIpc) is 3.45. The van der Waals surface area contributed by atoms with Gasteiger partial charge in [0.25, 0.3) is 0 Å². The van der Waals surface area contributed by atoms with Gasteiger partial charge in [-0.1, -0.05) is 217 Å². The number of fused-ring (bicyclic) bond motifs is 3.